The van der Waals surface area contributed by atoms with E-state index in [9.17, 15) is 9.59 Å². The van der Waals surface area contributed by atoms with Gasteiger partial charge in [0, 0.05) is 40.3 Å². The molecule has 6 nitrogen and oxygen atoms in total. The molecule has 0 aliphatic rings. The number of amides is 1. The number of para-hydroxylation sites is 1. The number of H-pyrrole nitrogens is 1. The first-order valence-corrected chi connectivity index (χ1v) is 9.97. The molecule has 4 rings (SSSR count). The van der Waals surface area contributed by atoms with Gasteiger partial charge in [-0.2, -0.15) is 0 Å². The highest BCUT2D eigenvalue weighted by molar-refractivity contribution is 6.16. The van der Waals surface area contributed by atoms with Crippen molar-refractivity contribution in [3.63, 3.8) is 0 Å². The molecule has 31 heavy (non-hydrogen) atoms. The highest BCUT2D eigenvalue weighted by Crippen LogP contribution is 2.25. The Balaban J connectivity index is 1.52. The monoisotopic (exact) mass is 413 g/mol. The van der Waals surface area contributed by atoms with Gasteiger partial charge >= 0.3 is 6.09 Å². The van der Waals surface area contributed by atoms with Gasteiger partial charge in [0.05, 0.1) is 5.52 Å². The van der Waals surface area contributed by atoms with Crippen molar-refractivity contribution in [3.05, 3.63) is 84.2 Å². The molecule has 0 spiro atoms. The van der Waals surface area contributed by atoms with Gasteiger partial charge < -0.3 is 9.72 Å². The molecular formula is C25H23N3O3. The number of hydrogen-bond acceptors (Lipinski definition) is 4. The van der Waals surface area contributed by atoms with Crippen LogP contribution in [-0.2, 0) is 4.74 Å². The number of carbonyl (C=O) groups is 2. The molecule has 2 heterocycles. The minimum Gasteiger partial charge on any atom is -0.444 e. The van der Waals surface area contributed by atoms with Gasteiger partial charge in [0.2, 0.25) is 0 Å². The number of anilines is 1. The van der Waals surface area contributed by atoms with E-state index in [0.29, 0.717) is 16.8 Å². The van der Waals surface area contributed by atoms with Crippen molar-refractivity contribution in [2.75, 3.05) is 5.32 Å². The molecule has 156 valence electrons. The predicted octanol–water partition coefficient (Wildman–Crippen LogP) is 5.81. The van der Waals surface area contributed by atoms with Crippen molar-refractivity contribution < 1.29 is 14.3 Å². The predicted molar refractivity (Wildman–Crippen MR) is 121 cm³/mol. The third-order valence-corrected chi connectivity index (χ3v) is 4.68. The molecule has 0 fully saturated rings. The van der Waals surface area contributed by atoms with E-state index in [4.69, 9.17) is 4.74 Å². The fourth-order valence-electron chi connectivity index (χ4n) is 3.30. The van der Waals surface area contributed by atoms with Gasteiger partial charge in [0.25, 0.3) is 0 Å². The number of rotatable bonds is 4. The summed E-state index contributed by atoms with van der Waals surface area (Å²) in [4.78, 5) is 32.5. The first-order chi connectivity index (χ1) is 14.8. The number of aromatic nitrogens is 2. The minimum absolute atomic E-state index is 0.0655. The summed E-state index contributed by atoms with van der Waals surface area (Å²) in [7, 11) is 0. The van der Waals surface area contributed by atoms with Crippen molar-refractivity contribution in [2.45, 2.75) is 26.4 Å². The van der Waals surface area contributed by atoms with Gasteiger partial charge in [0.1, 0.15) is 5.60 Å². The molecule has 2 aromatic heterocycles. The van der Waals surface area contributed by atoms with Crippen molar-refractivity contribution in [1.29, 1.82) is 0 Å². The van der Waals surface area contributed by atoms with E-state index in [1.807, 2.05) is 63.2 Å². The van der Waals surface area contributed by atoms with Crippen LogP contribution in [0.3, 0.4) is 0 Å². The fraction of sp³-hybridized carbons (Fsp3) is 0.160. The number of ketones is 1. The number of nitrogens with one attached hydrogen (secondary N) is 2. The molecular weight excluding hydrogens is 390 g/mol. The average molecular weight is 413 g/mol. The average Bonchev–Trinajstić information content (AvgIpc) is 3.22. The van der Waals surface area contributed by atoms with Crippen molar-refractivity contribution in [2.24, 2.45) is 0 Å². The van der Waals surface area contributed by atoms with Gasteiger partial charge in [-0.15, -0.1) is 0 Å². The number of carbonyl (C=O) groups excluding carboxylic acids is 2. The molecule has 0 atom stereocenters. The molecule has 2 aromatic carbocycles. The first kappa shape index (κ1) is 20.3. The van der Waals surface area contributed by atoms with Crippen LogP contribution in [0, 0.1) is 0 Å². The van der Waals surface area contributed by atoms with Gasteiger partial charge in [-0.05, 0) is 56.7 Å². The zero-order chi connectivity index (χ0) is 22.0. The number of nitrogens with zero attached hydrogens (tertiary/aromatic N) is 1. The standard InChI is InChI=1S/C25H23N3O3/c1-25(2,3)31-24(30)28-18-10-8-16(9-11-18)22-14-17(15-27-22)23(29)20-12-13-26-21-7-5-4-6-19(20)21/h4-15,27H,1-3H3,(H,28,30). The number of pyridine rings is 1. The fourth-order valence-corrected chi connectivity index (χ4v) is 3.30. The van der Waals surface area contributed by atoms with Crippen LogP contribution in [0.5, 0.6) is 0 Å². The summed E-state index contributed by atoms with van der Waals surface area (Å²) in [6.07, 6.45) is 2.86. The summed E-state index contributed by atoms with van der Waals surface area (Å²) in [5.74, 6) is -0.0655. The van der Waals surface area contributed by atoms with Crippen LogP contribution in [-0.4, -0.2) is 27.4 Å². The number of aromatic amines is 1. The Morgan fingerprint density at radius 3 is 2.48 bits per heavy atom. The van der Waals surface area contributed by atoms with Crippen LogP contribution in [0.25, 0.3) is 22.2 Å². The lowest BCUT2D eigenvalue weighted by molar-refractivity contribution is 0.0635. The third-order valence-electron chi connectivity index (χ3n) is 4.68. The van der Waals surface area contributed by atoms with Gasteiger partial charge in [0.15, 0.2) is 5.78 Å². The van der Waals surface area contributed by atoms with Crippen LogP contribution in [0.1, 0.15) is 36.7 Å². The van der Waals surface area contributed by atoms with E-state index in [0.717, 1.165) is 22.2 Å². The molecule has 0 aliphatic carbocycles. The summed E-state index contributed by atoms with van der Waals surface area (Å²) < 4.78 is 5.26. The number of fused-ring (bicyclic) bond motifs is 1. The highest BCUT2D eigenvalue weighted by Gasteiger charge is 2.17. The summed E-state index contributed by atoms with van der Waals surface area (Å²) >= 11 is 0. The Kier molecular flexibility index (Phi) is 5.29. The lowest BCUT2D eigenvalue weighted by Gasteiger charge is -2.19. The Hall–Kier alpha value is -3.93. The van der Waals surface area contributed by atoms with Crippen molar-refractivity contribution >= 4 is 28.5 Å². The van der Waals surface area contributed by atoms with Crippen molar-refractivity contribution in [1.82, 2.24) is 9.97 Å². The Bertz CT molecular complexity index is 1250. The van der Waals surface area contributed by atoms with Crippen LogP contribution >= 0.6 is 0 Å². The van der Waals surface area contributed by atoms with Gasteiger partial charge in [-0.3, -0.25) is 15.1 Å². The maximum Gasteiger partial charge on any atom is 0.412 e. The first-order valence-electron chi connectivity index (χ1n) is 9.97. The number of benzene rings is 2. The summed E-state index contributed by atoms with van der Waals surface area (Å²) in [6, 6.07) is 18.5. The summed E-state index contributed by atoms with van der Waals surface area (Å²) in [5, 5.41) is 3.54. The minimum atomic E-state index is -0.558. The normalized spacial score (nSPS) is 11.3. The van der Waals surface area contributed by atoms with E-state index < -0.39 is 11.7 Å². The Morgan fingerprint density at radius 2 is 1.74 bits per heavy atom. The highest BCUT2D eigenvalue weighted by atomic mass is 16.6. The van der Waals surface area contributed by atoms with E-state index in [1.54, 1.807) is 30.6 Å². The molecule has 1 amide bonds. The van der Waals surface area contributed by atoms with E-state index >= 15 is 0 Å². The lowest BCUT2D eigenvalue weighted by Crippen LogP contribution is -2.27. The van der Waals surface area contributed by atoms with Crippen molar-refractivity contribution in [3.8, 4) is 11.3 Å². The maximum atomic E-state index is 13.1. The van der Waals surface area contributed by atoms with Crippen LogP contribution in [0.15, 0.2) is 73.1 Å². The maximum absolute atomic E-state index is 13.1. The van der Waals surface area contributed by atoms with Gasteiger partial charge in [-0.1, -0.05) is 30.3 Å². The molecule has 0 unspecified atom stereocenters. The Morgan fingerprint density at radius 1 is 1.00 bits per heavy atom. The molecule has 6 heteroatoms. The van der Waals surface area contributed by atoms with Crippen LogP contribution < -0.4 is 5.32 Å². The molecule has 0 aliphatic heterocycles. The zero-order valence-corrected chi connectivity index (χ0v) is 17.6. The number of ether oxygens (including phenoxy) is 1. The molecule has 2 N–H and O–H groups in total. The quantitative estimate of drug-likeness (QED) is 0.414. The van der Waals surface area contributed by atoms with Crippen LogP contribution in [0.4, 0.5) is 10.5 Å². The summed E-state index contributed by atoms with van der Waals surface area (Å²) in [5.41, 5.74) is 3.76. The SMILES string of the molecule is CC(C)(C)OC(=O)Nc1ccc(-c2cc(C(=O)c3ccnc4ccccc34)c[nH]2)cc1. The summed E-state index contributed by atoms with van der Waals surface area (Å²) in [6.45, 7) is 5.44. The van der Waals surface area contributed by atoms with Crippen LogP contribution in [0.2, 0.25) is 0 Å². The van der Waals surface area contributed by atoms with Gasteiger partial charge in [-0.25, -0.2) is 4.79 Å². The largest absolute Gasteiger partial charge is 0.444 e. The molecule has 4 aromatic rings. The van der Waals surface area contributed by atoms with E-state index in [-0.39, 0.29) is 5.78 Å². The van der Waals surface area contributed by atoms with E-state index in [1.165, 1.54) is 0 Å². The second-order valence-electron chi connectivity index (χ2n) is 8.21. The second-order valence-corrected chi connectivity index (χ2v) is 8.21. The topological polar surface area (TPSA) is 84.1 Å². The smallest absolute Gasteiger partial charge is 0.412 e. The molecule has 0 saturated heterocycles. The molecule has 0 bridgehead atoms. The molecule has 0 radical (unpaired) electrons. The lowest BCUT2D eigenvalue weighted by atomic mass is 10.0. The van der Waals surface area contributed by atoms with E-state index in [2.05, 4.69) is 15.3 Å². The Labute approximate surface area is 180 Å². The third kappa shape index (κ3) is 4.64. The molecule has 0 saturated carbocycles. The zero-order valence-electron chi connectivity index (χ0n) is 17.6. The second kappa shape index (κ2) is 8.07. The number of hydrogen-bond donors (Lipinski definition) is 2.